The smallest absolute Gasteiger partial charge is 0.340 e. The Kier molecular flexibility index (Phi) is 5.29. The molecule has 0 spiro atoms. The van der Waals surface area contributed by atoms with E-state index in [2.05, 4.69) is 10.2 Å². The molecule has 0 aliphatic heterocycles. The lowest BCUT2D eigenvalue weighted by Gasteiger charge is -2.22. The molecule has 8 heteroatoms. The summed E-state index contributed by atoms with van der Waals surface area (Å²) < 4.78 is 26.3. The van der Waals surface area contributed by atoms with Crippen LogP contribution in [0.5, 0.6) is 0 Å². The Morgan fingerprint density at radius 2 is 2.05 bits per heavy atom. The summed E-state index contributed by atoms with van der Waals surface area (Å²) in [6.07, 6.45) is 0.845. The first-order valence-corrected chi connectivity index (χ1v) is 7.98. The number of aromatic carboxylic acids is 1. The molecule has 1 aromatic rings. The summed E-state index contributed by atoms with van der Waals surface area (Å²) >= 11 is 0. The zero-order valence-corrected chi connectivity index (χ0v) is 13.0. The van der Waals surface area contributed by atoms with E-state index in [1.807, 2.05) is 13.8 Å². The van der Waals surface area contributed by atoms with E-state index in [-0.39, 0.29) is 23.7 Å². The van der Waals surface area contributed by atoms with Gasteiger partial charge in [-0.3, -0.25) is 5.10 Å². The summed E-state index contributed by atoms with van der Waals surface area (Å²) in [5.41, 5.74) is -0.0525. The zero-order valence-electron chi connectivity index (χ0n) is 12.2. The van der Waals surface area contributed by atoms with Crippen molar-refractivity contribution < 1.29 is 18.3 Å². The Labute approximate surface area is 119 Å². The maximum Gasteiger partial charge on any atom is 0.340 e. The number of hydrogen-bond acceptors (Lipinski definition) is 4. The Hall–Kier alpha value is -1.41. The SMILES string of the molecule is CCC(C)CN(CC)S(=O)(=O)c1n[nH]c(C)c1C(=O)O. The van der Waals surface area contributed by atoms with E-state index in [9.17, 15) is 13.2 Å². The van der Waals surface area contributed by atoms with Crippen molar-refractivity contribution in [2.24, 2.45) is 5.92 Å². The maximum atomic E-state index is 12.5. The molecular formula is C12H21N3O4S. The van der Waals surface area contributed by atoms with Crippen molar-refractivity contribution in [3.8, 4) is 0 Å². The van der Waals surface area contributed by atoms with Gasteiger partial charge in [-0.2, -0.15) is 9.40 Å². The maximum absolute atomic E-state index is 12.5. The van der Waals surface area contributed by atoms with Crippen LogP contribution in [0.1, 0.15) is 43.2 Å². The minimum atomic E-state index is -3.90. The number of carboxylic acid groups (broad SMARTS) is 1. The summed E-state index contributed by atoms with van der Waals surface area (Å²) in [6, 6.07) is 0. The van der Waals surface area contributed by atoms with Gasteiger partial charge in [-0.15, -0.1) is 0 Å². The van der Waals surface area contributed by atoms with Crippen LogP contribution in [-0.2, 0) is 10.0 Å². The second kappa shape index (κ2) is 6.36. The molecule has 1 heterocycles. The number of nitrogens with zero attached hydrogens (tertiary/aromatic N) is 2. The van der Waals surface area contributed by atoms with Crippen LogP contribution in [0, 0.1) is 12.8 Å². The number of H-pyrrole nitrogens is 1. The van der Waals surface area contributed by atoms with E-state index < -0.39 is 21.0 Å². The summed E-state index contributed by atoms with van der Waals surface area (Å²) in [6.45, 7) is 7.76. The van der Waals surface area contributed by atoms with Gasteiger partial charge in [0.2, 0.25) is 5.03 Å². The van der Waals surface area contributed by atoms with Gasteiger partial charge in [0, 0.05) is 18.8 Å². The topological polar surface area (TPSA) is 103 Å². The highest BCUT2D eigenvalue weighted by atomic mass is 32.2. The standard InChI is InChI=1S/C12H21N3O4S/c1-5-8(3)7-15(6-2)20(18,19)11-10(12(16)17)9(4)13-14-11/h8H,5-7H2,1-4H3,(H,13,14)(H,16,17). The highest BCUT2D eigenvalue weighted by Crippen LogP contribution is 2.21. The van der Waals surface area contributed by atoms with Crippen molar-refractivity contribution in [1.29, 1.82) is 0 Å². The molecule has 0 aromatic carbocycles. The predicted octanol–water partition coefficient (Wildman–Crippen LogP) is 1.47. The first-order valence-electron chi connectivity index (χ1n) is 6.54. The van der Waals surface area contributed by atoms with Gasteiger partial charge in [0.25, 0.3) is 10.0 Å². The molecule has 0 fully saturated rings. The molecular weight excluding hydrogens is 282 g/mol. The molecule has 20 heavy (non-hydrogen) atoms. The molecule has 1 rings (SSSR count). The van der Waals surface area contributed by atoms with Crippen LogP contribution in [0.15, 0.2) is 5.03 Å². The first-order chi connectivity index (χ1) is 9.25. The number of carbonyl (C=O) groups is 1. The van der Waals surface area contributed by atoms with E-state index in [0.717, 1.165) is 6.42 Å². The quantitative estimate of drug-likeness (QED) is 0.794. The molecule has 0 saturated carbocycles. The third-order valence-electron chi connectivity index (χ3n) is 3.28. The lowest BCUT2D eigenvalue weighted by molar-refractivity contribution is 0.0691. The molecule has 0 amide bonds. The van der Waals surface area contributed by atoms with E-state index in [1.54, 1.807) is 6.92 Å². The number of sulfonamides is 1. The summed E-state index contributed by atoms with van der Waals surface area (Å²) in [5.74, 6) is -1.10. The van der Waals surface area contributed by atoms with Crippen LogP contribution in [0.4, 0.5) is 0 Å². The molecule has 1 atom stereocenters. The number of nitrogens with one attached hydrogen (secondary N) is 1. The number of rotatable bonds is 7. The van der Waals surface area contributed by atoms with Gasteiger partial charge in [-0.25, -0.2) is 13.2 Å². The fourth-order valence-corrected chi connectivity index (χ4v) is 3.54. The van der Waals surface area contributed by atoms with Gasteiger partial charge in [0.05, 0.1) is 0 Å². The number of carboxylic acids is 1. The van der Waals surface area contributed by atoms with Crippen LogP contribution in [-0.4, -0.2) is 47.1 Å². The van der Waals surface area contributed by atoms with Crippen molar-refractivity contribution >= 4 is 16.0 Å². The normalized spacial score (nSPS) is 13.7. The van der Waals surface area contributed by atoms with Crippen LogP contribution >= 0.6 is 0 Å². The van der Waals surface area contributed by atoms with Crippen LogP contribution in [0.2, 0.25) is 0 Å². The lowest BCUT2D eigenvalue weighted by atomic mass is 10.1. The monoisotopic (exact) mass is 303 g/mol. The van der Waals surface area contributed by atoms with Gasteiger partial charge in [0.1, 0.15) is 5.56 Å². The van der Waals surface area contributed by atoms with Crippen LogP contribution in [0.3, 0.4) is 0 Å². The summed E-state index contributed by atoms with van der Waals surface area (Å²) in [4.78, 5) is 11.2. The van der Waals surface area contributed by atoms with Crippen LogP contribution < -0.4 is 0 Å². The van der Waals surface area contributed by atoms with E-state index in [4.69, 9.17) is 5.11 Å². The van der Waals surface area contributed by atoms with Crippen molar-refractivity contribution in [2.45, 2.75) is 39.1 Å². The number of hydrogen-bond donors (Lipinski definition) is 2. The van der Waals surface area contributed by atoms with Gasteiger partial charge < -0.3 is 5.11 Å². The number of aromatic nitrogens is 2. The molecule has 0 aliphatic carbocycles. The Bertz CT molecular complexity index is 580. The second-order valence-electron chi connectivity index (χ2n) is 4.80. The van der Waals surface area contributed by atoms with Crippen LogP contribution in [0.25, 0.3) is 0 Å². The Balaban J connectivity index is 3.25. The third kappa shape index (κ3) is 3.18. The largest absolute Gasteiger partial charge is 0.478 e. The third-order valence-corrected chi connectivity index (χ3v) is 5.15. The molecule has 0 bridgehead atoms. The predicted molar refractivity (Wildman–Crippen MR) is 74.2 cm³/mol. The van der Waals surface area contributed by atoms with E-state index >= 15 is 0 Å². The average molecular weight is 303 g/mol. The number of aryl methyl sites for hydroxylation is 1. The summed E-state index contributed by atoms with van der Waals surface area (Å²) in [7, 11) is -3.90. The first kappa shape index (κ1) is 16.6. The Morgan fingerprint density at radius 3 is 2.50 bits per heavy atom. The minimum absolute atomic E-state index is 0.193. The van der Waals surface area contributed by atoms with Gasteiger partial charge in [-0.1, -0.05) is 27.2 Å². The molecule has 1 aromatic heterocycles. The molecule has 2 N–H and O–H groups in total. The molecule has 0 radical (unpaired) electrons. The Morgan fingerprint density at radius 1 is 1.45 bits per heavy atom. The highest BCUT2D eigenvalue weighted by molar-refractivity contribution is 7.89. The van der Waals surface area contributed by atoms with Crippen molar-refractivity contribution in [3.63, 3.8) is 0 Å². The molecule has 7 nitrogen and oxygen atoms in total. The molecule has 0 saturated heterocycles. The van der Waals surface area contributed by atoms with E-state index in [1.165, 1.54) is 11.2 Å². The lowest BCUT2D eigenvalue weighted by Crippen LogP contribution is -2.35. The second-order valence-corrected chi connectivity index (χ2v) is 6.66. The molecule has 114 valence electrons. The van der Waals surface area contributed by atoms with Crippen molar-refractivity contribution in [2.75, 3.05) is 13.1 Å². The van der Waals surface area contributed by atoms with Gasteiger partial charge >= 0.3 is 5.97 Å². The van der Waals surface area contributed by atoms with Gasteiger partial charge in [-0.05, 0) is 12.8 Å². The van der Waals surface area contributed by atoms with E-state index in [0.29, 0.717) is 6.54 Å². The molecule has 0 aliphatic rings. The fraction of sp³-hybridized carbons (Fsp3) is 0.667. The number of aromatic amines is 1. The highest BCUT2D eigenvalue weighted by Gasteiger charge is 2.32. The van der Waals surface area contributed by atoms with Crippen molar-refractivity contribution in [1.82, 2.24) is 14.5 Å². The summed E-state index contributed by atoms with van der Waals surface area (Å²) in [5, 5.41) is 14.8. The minimum Gasteiger partial charge on any atom is -0.478 e. The zero-order chi connectivity index (χ0) is 15.5. The fourth-order valence-electron chi connectivity index (χ4n) is 1.84. The van der Waals surface area contributed by atoms with Crippen molar-refractivity contribution in [3.05, 3.63) is 11.3 Å². The average Bonchev–Trinajstić information content (AvgIpc) is 2.77. The van der Waals surface area contributed by atoms with Gasteiger partial charge in [0.15, 0.2) is 0 Å². The molecule has 1 unspecified atom stereocenters.